The van der Waals surface area contributed by atoms with Crippen molar-refractivity contribution in [3.63, 3.8) is 0 Å². The first-order chi connectivity index (χ1) is 6.58. The second-order valence-electron chi connectivity index (χ2n) is 3.41. The quantitative estimate of drug-likeness (QED) is 0.302. The first kappa shape index (κ1) is 20.5. The Morgan fingerprint density at radius 3 is 1.25 bits per heavy atom. The van der Waals surface area contributed by atoms with Gasteiger partial charge >= 0.3 is 59.1 Å². The van der Waals surface area contributed by atoms with Crippen LogP contribution in [0.1, 0.15) is 25.7 Å². The Hall–Kier alpha value is 2.22. The Morgan fingerprint density at radius 2 is 1.06 bits per heavy atom. The van der Waals surface area contributed by atoms with E-state index in [1.165, 1.54) is 0 Å². The van der Waals surface area contributed by atoms with Gasteiger partial charge in [0.2, 0.25) is 0 Å². The van der Waals surface area contributed by atoms with Crippen LogP contribution in [0.3, 0.4) is 0 Å². The summed E-state index contributed by atoms with van der Waals surface area (Å²) < 4.78 is 0.945. The van der Waals surface area contributed by atoms with Gasteiger partial charge in [-0.3, -0.25) is 0 Å². The van der Waals surface area contributed by atoms with Gasteiger partial charge in [-0.25, -0.2) is 0 Å². The van der Waals surface area contributed by atoms with Crippen LogP contribution in [-0.2, 0) is 25.3 Å². The zero-order valence-electron chi connectivity index (χ0n) is 9.62. The van der Waals surface area contributed by atoms with Crippen molar-refractivity contribution in [1.82, 2.24) is 10.6 Å². The molecule has 2 N–H and O–H groups in total. The molecule has 1 saturated carbocycles. The van der Waals surface area contributed by atoms with Crippen molar-refractivity contribution in [3.8, 4) is 0 Å². The fraction of sp³-hybridized carbons (Fsp3) is 0.750. The van der Waals surface area contributed by atoms with Crippen LogP contribution in [0, 0.1) is 0 Å². The second kappa shape index (κ2) is 11.1. The van der Waals surface area contributed by atoms with E-state index in [9.17, 15) is 0 Å². The number of thiocarbonyl (C=S) groups is 2. The molecule has 0 aliphatic heterocycles. The third-order valence-electron chi connectivity index (χ3n) is 2.37. The van der Waals surface area contributed by atoms with Gasteiger partial charge in [-0.05, 0) is 25.7 Å². The summed E-state index contributed by atoms with van der Waals surface area (Å²) in [4.78, 5) is 0. The molecule has 0 aromatic carbocycles. The van der Waals surface area contributed by atoms with Crippen LogP contribution in [0.2, 0.25) is 0 Å². The van der Waals surface area contributed by atoms with Gasteiger partial charge in [0.25, 0.3) is 0 Å². The molecule has 2 nitrogen and oxygen atoms in total. The first-order valence-corrected chi connectivity index (χ1v) is 6.16. The molecular weight excluding hydrogens is 298 g/mol. The molecule has 0 aromatic heterocycles. The predicted octanol–water partition coefficient (Wildman–Crippen LogP) is -4.85. The molecule has 0 aromatic rings. The molecule has 1 aliphatic rings. The smallest absolute Gasteiger partial charge is 0.412 e. The zero-order chi connectivity index (χ0) is 10.6. The van der Waals surface area contributed by atoms with Gasteiger partial charge < -0.3 is 60.3 Å². The van der Waals surface area contributed by atoms with Crippen molar-refractivity contribution < 1.29 is 59.1 Å². The van der Waals surface area contributed by atoms with Crippen molar-refractivity contribution in [3.05, 3.63) is 0 Å². The Balaban J connectivity index is 0. The summed E-state index contributed by atoms with van der Waals surface area (Å²) in [6, 6.07) is 0.883. The van der Waals surface area contributed by atoms with Crippen molar-refractivity contribution in [2.24, 2.45) is 0 Å². The Bertz CT molecular complexity index is 208. The average molecular weight is 310 g/mol. The number of rotatable bonds is 2. The van der Waals surface area contributed by atoms with E-state index in [1.54, 1.807) is 0 Å². The van der Waals surface area contributed by atoms with Crippen LogP contribution in [-0.4, -0.2) is 20.7 Å². The molecule has 0 atom stereocenters. The van der Waals surface area contributed by atoms with E-state index >= 15 is 0 Å². The third kappa shape index (κ3) is 9.19. The fourth-order valence-electron chi connectivity index (χ4n) is 1.72. The molecule has 8 heteroatoms. The Labute approximate surface area is 163 Å². The summed E-state index contributed by atoms with van der Waals surface area (Å²) >= 11 is 19.3. The number of hydrogen-bond acceptors (Lipinski definition) is 4. The van der Waals surface area contributed by atoms with Crippen LogP contribution >= 0.6 is 24.4 Å². The normalized spacial score (nSPS) is 23.2. The molecule has 0 heterocycles. The molecule has 0 unspecified atom stereocenters. The Morgan fingerprint density at radius 1 is 0.812 bits per heavy atom. The minimum atomic E-state index is 0. The summed E-state index contributed by atoms with van der Waals surface area (Å²) in [7, 11) is 0. The van der Waals surface area contributed by atoms with E-state index in [0.717, 1.165) is 25.7 Å². The van der Waals surface area contributed by atoms with Crippen LogP contribution in [0.15, 0.2) is 0 Å². The average Bonchev–Trinajstić information content (AvgIpc) is 2.06. The monoisotopic (exact) mass is 310 g/mol. The first-order valence-electron chi connectivity index (χ1n) is 4.53. The number of hydrogen-bond donors (Lipinski definition) is 2. The maximum absolute atomic E-state index is 4.83. The van der Waals surface area contributed by atoms with Crippen LogP contribution < -0.4 is 69.7 Å². The summed E-state index contributed by atoms with van der Waals surface area (Å²) in [6.07, 6.45) is 4.30. The van der Waals surface area contributed by atoms with Gasteiger partial charge in [0.1, 0.15) is 0 Å². The summed E-state index contributed by atoms with van der Waals surface area (Å²) in [5.74, 6) is 0. The molecule has 0 spiro atoms. The van der Waals surface area contributed by atoms with E-state index in [1.807, 2.05) is 0 Å². The summed E-state index contributed by atoms with van der Waals surface area (Å²) in [5, 5.41) is 6.23. The SMILES string of the molecule is S=C([S-])NC1CCC(NC(=S)[S-])CC1.[Na+].[Na+]. The van der Waals surface area contributed by atoms with E-state index in [4.69, 9.17) is 49.7 Å². The molecule has 1 fully saturated rings. The van der Waals surface area contributed by atoms with Crippen LogP contribution in [0.25, 0.3) is 0 Å². The van der Waals surface area contributed by atoms with E-state index in [2.05, 4.69) is 10.6 Å². The molecule has 0 radical (unpaired) electrons. The van der Waals surface area contributed by atoms with Crippen molar-refractivity contribution in [1.29, 1.82) is 0 Å². The fourth-order valence-corrected chi connectivity index (χ4v) is 2.38. The molecule has 16 heavy (non-hydrogen) atoms. The van der Waals surface area contributed by atoms with Gasteiger partial charge in [0.15, 0.2) is 0 Å². The van der Waals surface area contributed by atoms with Gasteiger partial charge in [0, 0.05) is 12.1 Å². The molecule has 0 amide bonds. The van der Waals surface area contributed by atoms with Crippen molar-refractivity contribution in [2.45, 2.75) is 37.8 Å². The largest absolute Gasteiger partial charge is 1.00 e. The van der Waals surface area contributed by atoms with Crippen molar-refractivity contribution >= 4 is 58.3 Å². The molecule has 1 aliphatic carbocycles. The maximum Gasteiger partial charge on any atom is 1.00 e. The van der Waals surface area contributed by atoms with Crippen molar-refractivity contribution in [2.75, 3.05) is 0 Å². The van der Waals surface area contributed by atoms with Crippen LogP contribution in [0.5, 0.6) is 0 Å². The molecule has 1 rings (SSSR count). The van der Waals surface area contributed by atoms with Gasteiger partial charge in [-0.1, -0.05) is 8.64 Å². The standard InChI is InChI=1S/C8H14N2S4.2Na/c11-7(12)9-5-1-2-6(4-3-5)10-8(13)14;;/h5-6H,1-4H2,(H2,9,11,12)(H2,10,13,14);;/q;2*+1/p-2. The third-order valence-corrected chi connectivity index (χ3v) is 2.84. The van der Waals surface area contributed by atoms with Gasteiger partial charge in [-0.2, -0.15) is 0 Å². The number of nitrogens with one attached hydrogen (secondary N) is 2. The second-order valence-corrected chi connectivity index (χ2v) is 5.56. The molecule has 0 saturated heterocycles. The van der Waals surface area contributed by atoms with Gasteiger partial charge in [-0.15, -0.1) is 0 Å². The molecular formula is C8H12N2Na2S4. The van der Waals surface area contributed by atoms with Gasteiger partial charge in [0.05, 0.1) is 0 Å². The minimum Gasteiger partial charge on any atom is -0.412 e. The zero-order valence-corrected chi connectivity index (χ0v) is 16.9. The molecule has 80 valence electrons. The van der Waals surface area contributed by atoms with E-state index in [0.29, 0.717) is 20.7 Å². The Kier molecular flexibility index (Phi) is 14.2. The maximum atomic E-state index is 4.83. The topological polar surface area (TPSA) is 24.1 Å². The molecule has 0 bridgehead atoms. The minimum absolute atomic E-state index is 0. The van der Waals surface area contributed by atoms with E-state index in [-0.39, 0.29) is 59.1 Å². The summed E-state index contributed by atoms with van der Waals surface area (Å²) in [6.45, 7) is 0. The van der Waals surface area contributed by atoms with Crippen LogP contribution in [0.4, 0.5) is 0 Å². The summed E-state index contributed by atoms with van der Waals surface area (Å²) in [5.41, 5.74) is 0. The van der Waals surface area contributed by atoms with E-state index < -0.39 is 0 Å². The predicted molar refractivity (Wildman–Crippen MR) is 72.2 cm³/mol.